The van der Waals surface area contributed by atoms with Gasteiger partial charge in [0.25, 0.3) is 5.91 Å². The van der Waals surface area contributed by atoms with E-state index in [1.807, 2.05) is 0 Å². The summed E-state index contributed by atoms with van der Waals surface area (Å²) in [5.74, 6) is -1.36. The van der Waals surface area contributed by atoms with Crippen LogP contribution in [-0.2, 0) is 0 Å². The van der Waals surface area contributed by atoms with Gasteiger partial charge in [0.1, 0.15) is 23.0 Å². The lowest BCUT2D eigenvalue weighted by Gasteiger charge is -2.20. The fourth-order valence-electron chi connectivity index (χ4n) is 2.61. The minimum atomic E-state index is -0.577. The zero-order valence-electron chi connectivity index (χ0n) is 11.3. The van der Waals surface area contributed by atoms with Crippen molar-refractivity contribution in [3.8, 4) is 0 Å². The summed E-state index contributed by atoms with van der Waals surface area (Å²) in [6, 6.07) is 7.12. The Morgan fingerprint density at radius 1 is 1.24 bits per heavy atom. The second-order valence-corrected chi connectivity index (χ2v) is 5.06. The van der Waals surface area contributed by atoms with E-state index in [1.54, 1.807) is 23.2 Å². The summed E-state index contributed by atoms with van der Waals surface area (Å²) >= 11 is 0. The first kappa shape index (κ1) is 13.6. The third kappa shape index (κ3) is 2.74. The average Bonchev–Trinajstić information content (AvgIpc) is 3.10. The molecule has 4 nitrogen and oxygen atoms in total. The highest BCUT2D eigenvalue weighted by atomic mass is 19.1. The van der Waals surface area contributed by atoms with Crippen molar-refractivity contribution >= 4 is 11.6 Å². The molecule has 0 radical (unpaired) electrons. The summed E-state index contributed by atoms with van der Waals surface area (Å²) in [6.45, 7) is 0.901. The Kier molecular flexibility index (Phi) is 3.60. The Morgan fingerprint density at radius 3 is 2.67 bits per heavy atom. The maximum atomic E-state index is 13.7. The Bertz CT molecular complexity index is 622. The van der Waals surface area contributed by atoms with Crippen LogP contribution in [0.25, 0.3) is 0 Å². The number of carbonyl (C=O) groups is 1. The van der Waals surface area contributed by atoms with Crippen molar-refractivity contribution in [2.45, 2.75) is 12.5 Å². The molecule has 2 heterocycles. The van der Waals surface area contributed by atoms with Crippen LogP contribution in [0.15, 0.2) is 36.5 Å². The van der Waals surface area contributed by atoms with Crippen molar-refractivity contribution in [2.75, 3.05) is 18.0 Å². The molecule has 1 aliphatic rings. The minimum Gasteiger partial charge on any atom is -0.365 e. The third-order valence-electron chi connectivity index (χ3n) is 3.62. The molecule has 1 aromatic heterocycles. The number of nitrogens with one attached hydrogen (secondary N) is 2. The third-order valence-corrected chi connectivity index (χ3v) is 3.62. The molecule has 3 rings (SSSR count). The monoisotopic (exact) mass is 291 g/mol. The van der Waals surface area contributed by atoms with Crippen LogP contribution in [0.3, 0.4) is 0 Å². The van der Waals surface area contributed by atoms with Crippen molar-refractivity contribution in [1.29, 1.82) is 0 Å². The summed E-state index contributed by atoms with van der Waals surface area (Å²) in [7, 11) is 0. The number of halogens is 2. The van der Waals surface area contributed by atoms with Crippen molar-refractivity contribution < 1.29 is 13.6 Å². The maximum Gasteiger partial charge on any atom is 0.267 e. The minimum absolute atomic E-state index is 0.0193. The molecule has 6 heteroatoms. The molecule has 1 atom stereocenters. The van der Waals surface area contributed by atoms with Gasteiger partial charge in [0, 0.05) is 25.3 Å². The molecule has 1 unspecified atom stereocenters. The first-order chi connectivity index (χ1) is 10.1. The van der Waals surface area contributed by atoms with Gasteiger partial charge in [-0.15, -0.1) is 0 Å². The highest BCUT2D eigenvalue weighted by Crippen LogP contribution is 2.26. The van der Waals surface area contributed by atoms with Crippen LogP contribution < -0.4 is 10.2 Å². The van der Waals surface area contributed by atoms with Gasteiger partial charge in [-0.3, -0.25) is 4.79 Å². The van der Waals surface area contributed by atoms with Gasteiger partial charge in [-0.05, 0) is 30.7 Å². The van der Waals surface area contributed by atoms with Crippen molar-refractivity contribution in [3.05, 3.63) is 53.9 Å². The van der Waals surface area contributed by atoms with Crippen LogP contribution in [0.2, 0.25) is 0 Å². The molecule has 2 aromatic rings. The van der Waals surface area contributed by atoms with E-state index in [2.05, 4.69) is 10.3 Å². The molecule has 0 bridgehead atoms. The first-order valence-corrected chi connectivity index (χ1v) is 6.78. The molecule has 0 spiro atoms. The van der Waals surface area contributed by atoms with Crippen LogP contribution in [0.4, 0.5) is 14.5 Å². The summed E-state index contributed by atoms with van der Waals surface area (Å²) in [5, 5.41) is 2.86. The molecule has 21 heavy (non-hydrogen) atoms. The highest BCUT2D eigenvalue weighted by Gasteiger charge is 2.27. The fourth-order valence-corrected chi connectivity index (χ4v) is 2.61. The van der Waals surface area contributed by atoms with Gasteiger partial charge >= 0.3 is 0 Å². The van der Waals surface area contributed by atoms with Gasteiger partial charge in [-0.2, -0.15) is 0 Å². The molecule has 1 saturated heterocycles. The van der Waals surface area contributed by atoms with Gasteiger partial charge < -0.3 is 15.2 Å². The molecule has 1 amide bonds. The van der Waals surface area contributed by atoms with Gasteiger partial charge in [0.15, 0.2) is 0 Å². The predicted octanol–water partition coefficient (Wildman–Crippen LogP) is 2.30. The lowest BCUT2D eigenvalue weighted by molar-refractivity contribution is 0.0936. The molecular formula is C15H15F2N3O. The number of hydrogen-bond acceptors (Lipinski definition) is 2. The zero-order valence-corrected chi connectivity index (χ0v) is 11.3. The van der Waals surface area contributed by atoms with E-state index in [0.29, 0.717) is 25.2 Å². The van der Waals surface area contributed by atoms with E-state index < -0.39 is 11.6 Å². The van der Waals surface area contributed by atoms with E-state index in [-0.39, 0.29) is 17.6 Å². The second kappa shape index (κ2) is 5.55. The molecule has 1 fully saturated rings. The van der Waals surface area contributed by atoms with Crippen LogP contribution in [0.5, 0.6) is 0 Å². The van der Waals surface area contributed by atoms with Crippen molar-refractivity contribution in [3.63, 3.8) is 0 Å². The molecule has 0 aliphatic carbocycles. The van der Waals surface area contributed by atoms with Gasteiger partial charge in [0.05, 0.1) is 0 Å². The summed E-state index contributed by atoms with van der Waals surface area (Å²) in [4.78, 5) is 16.4. The number of hydrogen-bond donors (Lipinski definition) is 2. The molecule has 1 aromatic carbocycles. The summed E-state index contributed by atoms with van der Waals surface area (Å²) < 4.78 is 27.5. The number of H-pyrrole nitrogens is 1. The molecular weight excluding hydrogens is 276 g/mol. The summed E-state index contributed by atoms with van der Waals surface area (Å²) in [5.41, 5.74) is 0.458. The van der Waals surface area contributed by atoms with Gasteiger partial charge in [0.2, 0.25) is 0 Å². The quantitative estimate of drug-likeness (QED) is 0.911. The summed E-state index contributed by atoms with van der Waals surface area (Å²) in [6.07, 6.45) is 2.32. The maximum absolute atomic E-state index is 13.7. The molecule has 1 aliphatic heterocycles. The second-order valence-electron chi connectivity index (χ2n) is 5.06. The van der Waals surface area contributed by atoms with Crippen molar-refractivity contribution in [1.82, 2.24) is 10.3 Å². The van der Waals surface area contributed by atoms with E-state index in [4.69, 9.17) is 0 Å². The average molecular weight is 291 g/mol. The SMILES string of the molecule is O=C(NC1CCN(c2c(F)cccc2F)C1)c1ccc[nH]1. The topological polar surface area (TPSA) is 48.1 Å². The Hall–Kier alpha value is -2.37. The van der Waals surface area contributed by atoms with Crippen LogP contribution >= 0.6 is 0 Å². The van der Waals surface area contributed by atoms with Crippen LogP contribution in [0.1, 0.15) is 16.9 Å². The van der Waals surface area contributed by atoms with Gasteiger partial charge in [-0.1, -0.05) is 6.07 Å². The number of para-hydroxylation sites is 1. The van der Waals surface area contributed by atoms with Crippen LogP contribution in [-0.4, -0.2) is 30.0 Å². The normalized spacial score (nSPS) is 18.0. The van der Waals surface area contributed by atoms with E-state index in [0.717, 1.165) is 0 Å². The number of aromatic amines is 1. The van der Waals surface area contributed by atoms with E-state index >= 15 is 0 Å². The standard InChI is InChI=1S/C15H15F2N3O/c16-11-3-1-4-12(17)14(11)20-8-6-10(9-20)19-15(21)13-5-2-7-18-13/h1-5,7,10,18H,6,8-9H2,(H,19,21). The first-order valence-electron chi connectivity index (χ1n) is 6.78. The fraction of sp³-hybridized carbons (Fsp3) is 0.267. The van der Waals surface area contributed by atoms with Crippen molar-refractivity contribution in [2.24, 2.45) is 0 Å². The number of rotatable bonds is 3. The number of nitrogens with zero attached hydrogens (tertiary/aromatic N) is 1. The molecule has 2 N–H and O–H groups in total. The largest absolute Gasteiger partial charge is 0.365 e. The van der Waals surface area contributed by atoms with E-state index in [9.17, 15) is 13.6 Å². The van der Waals surface area contributed by atoms with Gasteiger partial charge in [-0.25, -0.2) is 8.78 Å². The number of carbonyl (C=O) groups excluding carboxylic acids is 1. The smallest absolute Gasteiger partial charge is 0.267 e. The van der Waals surface area contributed by atoms with Crippen LogP contribution in [0, 0.1) is 11.6 Å². The Morgan fingerprint density at radius 2 is 2.00 bits per heavy atom. The number of aromatic nitrogens is 1. The number of anilines is 1. The lowest BCUT2D eigenvalue weighted by atomic mass is 10.2. The predicted molar refractivity (Wildman–Crippen MR) is 75.2 cm³/mol. The highest BCUT2D eigenvalue weighted by molar-refractivity contribution is 5.92. The Balaban J connectivity index is 1.67. The van der Waals surface area contributed by atoms with E-state index in [1.165, 1.54) is 18.2 Å². The molecule has 110 valence electrons. The lowest BCUT2D eigenvalue weighted by Crippen LogP contribution is -2.37. The zero-order chi connectivity index (χ0) is 14.8. The molecule has 0 saturated carbocycles. The number of benzene rings is 1. The Labute approximate surface area is 120 Å². The number of amides is 1.